The maximum absolute atomic E-state index is 12.1. The number of carbonyl (C=O) groups excluding carboxylic acids is 2. The van der Waals surface area contributed by atoms with E-state index in [9.17, 15) is 14.7 Å². The third-order valence-electron chi connectivity index (χ3n) is 4.83. The molecule has 0 spiro atoms. The average molecular weight is 491 g/mol. The zero-order valence-electron chi connectivity index (χ0n) is 16.2. The summed E-state index contributed by atoms with van der Waals surface area (Å²) >= 11 is 4.24. The zero-order chi connectivity index (χ0) is 21.3. The third-order valence-corrected chi connectivity index (χ3v) is 6.47. The molecular weight excluding hydrogens is 472 g/mol. The quantitative estimate of drug-likeness (QED) is 0.632. The van der Waals surface area contributed by atoms with E-state index in [-0.39, 0.29) is 29.3 Å². The van der Waals surface area contributed by atoms with E-state index in [0.29, 0.717) is 14.9 Å². The van der Waals surface area contributed by atoms with Crippen LogP contribution in [0.2, 0.25) is 0 Å². The Labute approximate surface area is 186 Å². The van der Waals surface area contributed by atoms with Crippen LogP contribution in [-0.2, 0) is 11.4 Å². The van der Waals surface area contributed by atoms with Gasteiger partial charge in [0, 0.05) is 42.6 Å². The van der Waals surface area contributed by atoms with Crippen molar-refractivity contribution in [3.05, 3.63) is 45.0 Å². The summed E-state index contributed by atoms with van der Waals surface area (Å²) in [5, 5.41) is 9.91. The van der Waals surface area contributed by atoms with Crippen molar-refractivity contribution in [1.82, 2.24) is 14.9 Å². The molecule has 2 saturated heterocycles. The summed E-state index contributed by atoms with van der Waals surface area (Å²) in [7, 11) is 1.44. The van der Waals surface area contributed by atoms with Gasteiger partial charge < -0.3 is 14.7 Å². The van der Waals surface area contributed by atoms with Crippen LogP contribution in [0.3, 0.4) is 0 Å². The predicted octanol–water partition coefficient (Wildman–Crippen LogP) is 3.79. The number of hydrogen-bond acceptors (Lipinski definition) is 8. The van der Waals surface area contributed by atoms with Crippen LogP contribution in [0.4, 0.5) is 10.7 Å². The highest BCUT2D eigenvalue weighted by Crippen LogP contribution is 2.37. The summed E-state index contributed by atoms with van der Waals surface area (Å²) in [6.07, 6.45) is 7.34. The summed E-state index contributed by atoms with van der Waals surface area (Å²) in [4.78, 5) is 36.1. The number of phenolic OH excluding ortho intramolecular Hbond substituents is 1. The molecule has 10 heteroatoms. The van der Waals surface area contributed by atoms with Crippen molar-refractivity contribution in [2.75, 3.05) is 25.0 Å². The molecule has 156 valence electrons. The van der Waals surface area contributed by atoms with Crippen LogP contribution in [0.5, 0.6) is 11.5 Å². The average Bonchev–Trinajstić information content (AvgIpc) is 3.35. The Morgan fingerprint density at radius 2 is 1.93 bits per heavy atom. The van der Waals surface area contributed by atoms with Crippen LogP contribution in [-0.4, -0.2) is 51.3 Å². The highest BCUT2D eigenvalue weighted by Gasteiger charge is 2.32. The Hall–Kier alpha value is -2.59. The van der Waals surface area contributed by atoms with E-state index in [4.69, 9.17) is 4.74 Å². The lowest BCUT2D eigenvalue weighted by Crippen LogP contribution is -2.22. The van der Waals surface area contributed by atoms with Gasteiger partial charge in [0.1, 0.15) is 6.61 Å². The lowest BCUT2D eigenvalue weighted by Gasteiger charge is -2.15. The summed E-state index contributed by atoms with van der Waals surface area (Å²) < 4.78 is 6.33. The van der Waals surface area contributed by atoms with E-state index in [1.807, 2.05) is 0 Å². The van der Waals surface area contributed by atoms with Gasteiger partial charge in [-0.05, 0) is 48.4 Å². The van der Waals surface area contributed by atoms with Gasteiger partial charge in [-0.2, -0.15) is 0 Å². The van der Waals surface area contributed by atoms with E-state index in [1.165, 1.54) is 13.1 Å². The number of rotatable bonds is 5. The molecule has 1 aromatic heterocycles. The normalized spacial score (nSPS) is 18.0. The number of phenols is 1. The highest BCUT2D eigenvalue weighted by atomic mass is 79.9. The Balaban J connectivity index is 1.49. The Morgan fingerprint density at radius 1 is 1.23 bits per heavy atom. The molecule has 3 heterocycles. The van der Waals surface area contributed by atoms with Crippen molar-refractivity contribution in [3.8, 4) is 11.5 Å². The minimum Gasteiger partial charge on any atom is -0.504 e. The zero-order valence-corrected chi connectivity index (χ0v) is 18.6. The van der Waals surface area contributed by atoms with E-state index in [1.54, 1.807) is 24.5 Å². The lowest BCUT2D eigenvalue weighted by molar-refractivity contribution is -0.121. The maximum atomic E-state index is 12.1. The second kappa shape index (κ2) is 8.65. The molecule has 0 bridgehead atoms. The van der Waals surface area contributed by atoms with Gasteiger partial charge in [0.15, 0.2) is 11.5 Å². The molecule has 1 N–H and O–H groups in total. The lowest BCUT2D eigenvalue weighted by atomic mass is 10.2. The number of likely N-dealkylation sites (N-methyl/N-ethyl adjacent to an activating group) is 1. The second-order valence-corrected chi connectivity index (χ2v) is 8.80. The molecule has 0 unspecified atom stereocenters. The molecule has 0 aliphatic carbocycles. The van der Waals surface area contributed by atoms with E-state index in [0.717, 1.165) is 54.1 Å². The number of imide groups is 1. The fraction of sp³-hybridized carbons (Fsp3) is 0.300. The molecule has 1 aromatic carbocycles. The monoisotopic (exact) mass is 490 g/mol. The van der Waals surface area contributed by atoms with Gasteiger partial charge in [-0.25, -0.2) is 9.97 Å². The molecule has 4 rings (SSSR count). The molecule has 0 radical (unpaired) electrons. The summed E-state index contributed by atoms with van der Waals surface area (Å²) in [6, 6.07) is 3.10. The molecule has 2 aliphatic heterocycles. The molecule has 0 saturated carbocycles. The van der Waals surface area contributed by atoms with Crippen LogP contribution in [0.25, 0.3) is 6.08 Å². The smallest absolute Gasteiger partial charge is 0.293 e. The van der Waals surface area contributed by atoms with Gasteiger partial charge in [0.2, 0.25) is 5.95 Å². The molecular formula is C20H19BrN4O4S. The molecule has 2 aromatic rings. The Bertz CT molecular complexity index is 1020. The number of ether oxygens (including phenoxy) is 1. The molecule has 0 atom stereocenters. The first kappa shape index (κ1) is 20.7. The van der Waals surface area contributed by atoms with Crippen molar-refractivity contribution in [3.63, 3.8) is 0 Å². The topological polar surface area (TPSA) is 95.9 Å². The van der Waals surface area contributed by atoms with Gasteiger partial charge in [0.25, 0.3) is 11.1 Å². The number of aromatic nitrogens is 2. The number of nitrogens with zero attached hydrogens (tertiary/aromatic N) is 4. The van der Waals surface area contributed by atoms with Gasteiger partial charge in [-0.3, -0.25) is 14.5 Å². The highest BCUT2D eigenvalue weighted by molar-refractivity contribution is 9.10. The SMILES string of the molecule is CN1C(=O)S/C(=C\c2cc(OCc3cnc(N4CCCC4)nc3)c(O)cc2Br)C1=O. The van der Waals surface area contributed by atoms with Crippen LogP contribution >= 0.6 is 27.7 Å². The number of thioether (sulfide) groups is 1. The fourth-order valence-corrected chi connectivity index (χ4v) is 4.40. The van der Waals surface area contributed by atoms with Gasteiger partial charge in [-0.15, -0.1) is 0 Å². The molecule has 8 nitrogen and oxygen atoms in total. The first-order chi connectivity index (χ1) is 14.4. The number of halogens is 1. The summed E-state index contributed by atoms with van der Waals surface area (Å²) in [5.74, 6) is 0.568. The van der Waals surface area contributed by atoms with Crippen molar-refractivity contribution in [2.45, 2.75) is 19.4 Å². The minimum atomic E-state index is -0.359. The molecule has 30 heavy (non-hydrogen) atoms. The standard InChI is InChI=1S/C20H19BrN4O4S/c1-24-18(27)17(30-20(24)28)7-13-6-16(15(26)8-14(13)21)29-11-12-9-22-19(23-10-12)25-4-2-3-5-25/h6-10,26H,2-5,11H2,1H3/b17-7-. The fourth-order valence-electron chi connectivity index (χ4n) is 3.14. The Morgan fingerprint density at radius 3 is 2.57 bits per heavy atom. The molecule has 2 amide bonds. The predicted molar refractivity (Wildman–Crippen MR) is 117 cm³/mol. The number of aromatic hydroxyl groups is 1. The number of carbonyl (C=O) groups is 2. The number of benzene rings is 1. The summed E-state index contributed by atoms with van der Waals surface area (Å²) in [6.45, 7) is 2.13. The first-order valence-corrected chi connectivity index (χ1v) is 11.0. The summed E-state index contributed by atoms with van der Waals surface area (Å²) in [5.41, 5.74) is 1.39. The molecule has 2 fully saturated rings. The third kappa shape index (κ3) is 4.29. The van der Waals surface area contributed by atoms with Gasteiger partial charge in [0.05, 0.1) is 4.91 Å². The number of anilines is 1. The van der Waals surface area contributed by atoms with Crippen molar-refractivity contribution in [1.29, 1.82) is 0 Å². The minimum absolute atomic E-state index is 0.0442. The van der Waals surface area contributed by atoms with Crippen molar-refractivity contribution >= 4 is 50.9 Å². The largest absolute Gasteiger partial charge is 0.504 e. The Kier molecular flexibility index (Phi) is 5.96. The molecule has 2 aliphatic rings. The first-order valence-electron chi connectivity index (χ1n) is 9.35. The van der Waals surface area contributed by atoms with Crippen molar-refractivity contribution < 1.29 is 19.4 Å². The van der Waals surface area contributed by atoms with Crippen LogP contribution in [0.1, 0.15) is 24.0 Å². The van der Waals surface area contributed by atoms with Crippen molar-refractivity contribution in [2.24, 2.45) is 0 Å². The number of hydrogen-bond donors (Lipinski definition) is 1. The van der Waals surface area contributed by atoms with E-state index in [2.05, 4.69) is 30.8 Å². The second-order valence-electron chi connectivity index (χ2n) is 6.96. The van der Waals surface area contributed by atoms with Gasteiger partial charge in [-0.1, -0.05) is 15.9 Å². The van der Waals surface area contributed by atoms with Gasteiger partial charge >= 0.3 is 0 Å². The van der Waals surface area contributed by atoms with E-state index < -0.39 is 0 Å². The van der Waals surface area contributed by atoms with E-state index >= 15 is 0 Å². The van der Waals surface area contributed by atoms with Crippen LogP contribution in [0, 0.1) is 0 Å². The van der Waals surface area contributed by atoms with Crippen LogP contribution in [0.15, 0.2) is 33.9 Å². The maximum Gasteiger partial charge on any atom is 0.293 e. The number of amides is 2. The van der Waals surface area contributed by atoms with Crippen LogP contribution < -0.4 is 9.64 Å².